The van der Waals surface area contributed by atoms with Gasteiger partial charge in [0.15, 0.2) is 5.75 Å². The molecular formula is C7H11ClN2O3S. The van der Waals surface area contributed by atoms with Gasteiger partial charge in [0.2, 0.25) is 5.03 Å². The molecule has 0 atom stereocenters. The predicted octanol–water partition coefficient (Wildman–Crippen LogP) is 1.23. The van der Waals surface area contributed by atoms with Gasteiger partial charge in [0.05, 0.1) is 13.3 Å². The van der Waals surface area contributed by atoms with Crippen molar-refractivity contribution < 1.29 is 13.2 Å². The Morgan fingerprint density at radius 2 is 2.29 bits per heavy atom. The molecule has 1 aromatic rings. The summed E-state index contributed by atoms with van der Waals surface area (Å²) in [6, 6.07) is 0. The smallest absolute Gasteiger partial charge is 0.282 e. The first-order valence-corrected chi connectivity index (χ1v) is 6.36. The third-order valence-corrected chi connectivity index (χ3v) is 2.96. The molecule has 80 valence electrons. The molecule has 0 N–H and O–H groups in total. The average molecular weight is 239 g/mol. The van der Waals surface area contributed by atoms with E-state index in [0.717, 1.165) is 6.42 Å². The monoisotopic (exact) mass is 238 g/mol. The highest BCUT2D eigenvalue weighted by Crippen LogP contribution is 2.26. The minimum absolute atomic E-state index is 0.0801. The molecule has 0 saturated heterocycles. The van der Waals surface area contributed by atoms with Crippen molar-refractivity contribution in [2.24, 2.45) is 0 Å². The Kier molecular flexibility index (Phi) is 3.38. The molecule has 0 radical (unpaired) electrons. The van der Waals surface area contributed by atoms with Crippen molar-refractivity contribution in [2.75, 3.05) is 7.11 Å². The van der Waals surface area contributed by atoms with Crippen molar-refractivity contribution in [3.8, 4) is 5.75 Å². The van der Waals surface area contributed by atoms with Gasteiger partial charge in [0.25, 0.3) is 9.05 Å². The lowest BCUT2D eigenvalue weighted by molar-refractivity contribution is 0.396. The van der Waals surface area contributed by atoms with Gasteiger partial charge in [0.1, 0.15) is 0 Å². The second-order valence-electron chi connectivity index (χ2n) is 2.68. The summed E-state index contributed by atoms with van der Waals surface area (Å²) in [5, 5.41) is 3.79. The van der Waals surface area contributed by atoms with Crippen LogP contribution in [0.3, 0.4) is 0 Å². The fraction of sp³-hybridized carbons (Fsp3) is 0.571. The van der Waals surface area contributed by atoms with Gasteiger partial charge in [-0.25, -0.2) is 13.1 Å². The fourth-order valence-corrected chi connectivity index (χ4v) is 2.35. The Labute approximate surface area is 87.0 Å². The molecule has 0 aliphatic carbocycles. The van der Waals surface area contributed by atoms with E-state index in [-0.39, 0.29) is 10.8 Å². The van der Waals surface area contributed by atoms with E-state index in [2.05, 4.69) is 5.10 Å². The van der Waals surface area contributed by atoms with Gasteiger partial charge in [-0.2, -0.15) is 5.10 Å². The Balaban J connectivity index is 3.27. The molecular weight excluding hydrogens is 228 g/mol. The molecule has 0 aliphatic rings. The number of ether oxygens (including phenoxy) is 1. The van der Waals surface area contributed by atoms with E-state index < -0.39 is 9.05 Å². The third-order valence-electron chi connectivity index (χ3n) is 1.65. The van der Waals surface area contributed by atoms with E-state index in [1.807, 2.05) is 6.92 Å². The molecule has 5 nitrogen and oxygen atoms in total. The van der Waals surface area contributed by atoms with E-state index in [1.54, 1.807) is 0 Å². The van der Waals surface area contributed by atoms with E-state index >= 15 is 0 Å². The van der Waals surface area contributed by atoms with E-state index in [4.69, 9.17) is 15.4 Å². The normalized spacial score (nSPS) is 11.6. The van der Waals surface area contributed by atoms with Gasteiger partial charge < -0.3 is 4.74 Å². The summed E-state index contributed by atoms with van der Waals surface area (Å²) in [6.45, 7) is 2.41. The first-order chi connectivity index (χ1) is 6.50. The van der Waals surface area contributed by atoms with Crippen molar-refractivity contribution in [1.82, 2.24) is 9.78 Å². The molecule has 1 rings (SSSR count). The van der Waals surface area contributed by atoms with Crippen molar-refractivity contribution in [3.05, 3.63) is 6.20 Å². The second-order valence-corrected chi connectivity index (χ2v) is 5.16. The maximum absolute atomic E-state index is 11.2. The molecule has 0 spiro atoms. The Morgan fingerprint density at radius 3 is 2.71 bits per heavy atom. The predicted molar refractivity (Wildman–Crippen MR) is 52.1 cm³/mol. The largest absolute Gasteiger partial charge is 0.492 e. The summed E-state index contributed by atoms with van der Waals surface area (Å²) in [5.41, 5.74) is 0. The van der Waals surface area contributed by atoms with Crippen LogP contribution in [0.25, 0.3) is 0 Å². The highest BCUT2D eigenvalue weighted by molar-refractivity contribution is 8.13. The van der Waals surface area contributed by atoms with Crippen molar-refractivity contribution >= 4 is 19.7 Å². The van der Waals surface area contributed by atoms with Crippen molar-refractivity contribution in [2.45, 2.75) is 24.9 Å². The van der Waals surface area contributed by atoms with E-state index in [9.17, 15) is 8.42 Å². The average Bonchev–Trinajstić information content (AvgIpc) is 2.47. The summed E-state index contributed by atoms with van der Waals surface area (Å²) < 4.78 is 28.6. The molecule has 0 saturated carbocycles. The van der Waals surface area contributed by atoms with Crippen LogP contribution in [0.15, 0.2) is 11.2 Å². The number of methoxy groups -OCH3 is 1. The Bertz CT molecular complexity index is 413. The number of rotatable bonds is 4. The van der Waals surface area contributed by atoms with Crippen LogP contribution in [0.1, 0.15) is 13.3 Å². The highest BCUT2D eigenvalue weighted by Gasteiger charge is 2.22. The molecule has 14 heavy (non-hydrogen) atoms. The first kappa shape index (κ1) is 11.3. The number of hydrogen-bond acceptors (Lipinski definition) is 4. The fourth-order valence-electron chi connectivity index (χ4n) is 1.11. The Morgan fingerprint density at radius 1 is 1.64 bits per heavy atom. The molecule has 0 unspecified atom stereocenters. The second kappa shape index (κ2) is 4.18. The van der Waals surface area contributed by atoms with Crippen LogP contribution < -0.4 is 4.74 Å². The number of halogens is 1. The molecule has 7 heteroatoms. The topological polar surface area (TPSA) is 61.2 Å². The van der Waals surface area contributed by atoms with Gasteiger partial charge in [-0.05, 0) is 6.42 Å². The van der Waals surface area contributed by atoms with Crippen molar-refractivity contribution in [3.63, 3.8) is 0 Å². The van der Waals surface area contributed by atoms with Crippen LogP contribution in [-0.2, 0) is 15.6 Å². The Hall–Kier alpha value is -0.750. The van der Waals surface area contributed by atoms with Crippen LogP contribution in [0.2, 0.25) is 0 Å². The van der Waals surface area contributed by atoms with Crippen LogP contribution in [0.4, 0.5) is 0 Å². The number of nitrogens with zero attached hydrogens (tertiary/aromatic N) is 2. The van der Waals surface area contributed by atoms with Gasteiger partial charge in [0, 0.05) is 17.2 Å². The van der Waals surface area contributed by atoms with Gasteiger partial charge in [-0.1, -0.05) is 6.92 Å². The van der Waals surface area contributed by atoms with Gasteiger partial charge >= 0.3 is 0 Å². The lowest BCUT2D eigenvalue weighted by Crippen LogP contribution is -2.07. The molecule has 0 bridgehead atoms. The standard InChI is InChI=1S/C7H11ClN2O3S/c1-3-4-10-7(14(8,11)12)6(13-2)5-9-10/h5H,3-4H2,1-2H3. The van der Waals surface area contributed by atoms with E-state index in [1.165, 1.54) is 18.0 Å². The van der Waals surface area contributed by atoms with Gasteiger partial charge in [-0.15, -0.1) is 0 Å². The molecule has 0 fully saturated rings. The maximum atomic E-state index is 11.2. The zero-order valence-corrected chi connectivity index (χ0v) is 9.47. The SMILES string of the molecule is CCCn1ncc(OC)c1S(=O)(=O)Cl. The zero-order valence-electron chi connectivity index (χ0n) is 7.90. The molecule has 0 aliphatic heterocycles. The summed E-state index contributed by atoms with van der Waals surface area (Å²) in [4.78, 5) is 0. The molecule has 0 aromatic carbocycles. The van der Waals surface area contributed by atoms with Crippen LogP contribution >= 0.6 is 10.7 Å². The molecule has 0 amide bonds. The zero-order chi connectivity index (χ0) is 10.8. The quantitative estimate of drug-likeness (QED) is 0.741. The highest BCUT2D eigenvalue weighted by atomic mass is 35.7. The minimum atomic E-state index is -3.81. The molecule has 1 aromatic heterocycles. The molecule has 1 heterocycles. The first-order valence-electron chi connectivity index (χ1n) is 4.05. The number of aryl methyl sites for hydroxylation is 1. The number of aromatic nitrogens is 2. The van der Waals surface area contributed by atoms with Crippen molar-refractivity contribution in [1.29, 1.82) is 0 Å². The lowest BCUT2D eigenvalue weighted by Gasteiger charge is -2.03. The lowest BCUT2D eigenvalue weighted by atomic mass is 10.5. The third kappa shape index (κ3) is 2.19. The van der Waals surface area contributed by atoms with Crippen LogP contribution in [0.5, 0.6) is 5.75 Å². The van der Waals surface area contributed by atoms with Crippen LogP contribution in [-0.4, -0.2) is 25.3 Å². The van der Waals surface area contributed by atoms with E-state index in [0.29, 0.717) is 6.54 Å². The van der Waals surface area contributed by atoms with Crippen LogP contribution in [0, 0.1) is 0 Å². The summed E-state index contributed by atoms with van der Waals surface area (Å²) >= 11 is 0. The minimum Gasteiger partial charge on any atom is -0.492 e. The summed E-state index contributed by atoms with van der Waals surface area (Å²) in [5.74, 6) is 0.174. The summed E-state index contributed by atoms with van der Waals surface area (Å²) in [7, 11) is 2.82. The summed E-state index contributed by atoms with van der Waals surface area (Å²) in [6.07, 6.45) is 2.11. The maximum Gasteiger partial charge on any atom is 0.282 e. The van der Waals surface area contributed by atoms with Gasteiger partial charge in [-0.3, -0.25) is 0 Å². The number of hydrogen-bond donors (Lipinski definition) is 0.